The van der Waals surface area contributed by atoms with E-state index in [2.05, 4.69) is 10.6 Å². The summed E-state index contributed by atoms with van der Waals surface area (Å²) < 4.78 is 15.8. The normalized spacial score (nSPS) is 15.7. The highest BCUT2D eigenvalue weighted by molar-refractivity contribution is 7.80. The van der Waals surface area contributed by atoms with Crippen LogP contribution >= 0.6 is 12.2 Å². The SMILES string of the molecule is COCCOC(=O)C1=C(C)N(C)C(=S)NC1c1ccc(NC(=O)COc2ccccc2)cc1. The Balaban J connectivity index is 1.70. The molecule has 1 amide bonds. The minimum atomic E-state index is -0.477. The first-order valence-corrected chi connectivity index (χ1v) is 10.8. The number of amides is 1. The lowest BCUT2D eigenvalue weighted by Gasteiger charge is -2.35. The van der Waals surface area contributed by atoms with Gasteiger partial charge in [0.15, 0.2) is 11.7 Å². The van der Waals surface area contributed by atoms with Crippen LogP contribution in [0.3, 0.4) is 0 Å². The third kappa shape index (κ3) is 6.30. The number of nitrogens with one attached hydrogen (secondary N) is 2. The molecule has 1 atom stereocenters. The summed E-state index contributed by atoms with van der Waals surface area (Å²) in [6.45, 7) is 2.19. The Morgan fingerprint density at radius 1 is 1.09 bits per heavy atom. The van der Waals surface area contributed by atoms with Gasteiger partial charge in [0.25, 0.3) is 5.91 Å². The van der Waals surface area contributed by atoms with Crippen molar-refractivity contribution in [2.24, 2.45) is 0 Å². The van der Waals surface area contributed by atoms with E-state index in [1.165, 1.54) is 0 Å². The molecule has 0 saturated heterocycles. The van der Waals surface area contributed by atoms with E-state index < -0.39 is 12.0 Å². The Bertz CT molecular complexity index is 1020. The van der Waals surface area contributed by atoms with Gasteiger partial charge in [-0.15, -0.1) is 0 Å². The number of thiocarbonyl (C=S) groups is 1. The van der Waals surface area contributed by atoms with Crippen LogP contribution in [0.15, 0.2) is 65.9 Å². The smallest absolute Gasteiger partial charge is 0.338 e. The van der Waals surface area contributed by atoms with Gasteiger partial charge >= 0.3 is 5.97 Å². The lowest BCUT2D eigenvalue weighted by Crippen LogP contribution is -2.46. The Hall–Kier alpha value is -3.43. The number of carbonyl (C=O) groups excluding carboxylic acids is 2. The van der Waals surface area contributed by atoms with E-state index >= 15 is 0 Å². The highest BCUT2D eigenvalue weighted by atomic mass is 32.1. The van der Waals surface area contributed by atoms with Gasteiger partial charge in [-0.3, -0.25) is 4.79 Å². The topological polar surface area (TPSA) is 89.1 Å². The fraction of sp³-hybridized carbons (Fsp3) is 0.292. The molecule has 0 saturated carbocycles. The Morgan fingerprint density at radius 2 is 1.79 bits per heavy atom. The van der Waals surface area contributed by atoms with Crippen LogP contribution in [0.2, 0.25) is 0 Å². The van der Waals surface area contributed by atoms with Crippen LogP contribution < -0.4 is 15.4 Å². The lowest BCUT2D eigenvalue weighted by molar-refractivity contribution is -0.140. The van der Waals surface area contributed by atoms with E-state index in [0.29, 0.717) is 34.4 Å². The number of hydrogen-bond donors (Lipinski definition) is 2. The number of rotatable bonds is 9. The summed E-state index contributed by atoms with van der Waals surface area (Å²) in [5.74, 6) is -0.0884. The maximum Gasteiger partial charge on any atom is 0.338 e. The van der Waals surface area contributed by atoms with Crippen molar-refractivity contribution in [3.8, 4) is 5.75 Å². The molecule has 0 aromatic heterocycles. The van der Waals surface area contributed by atoms with Crippen LogP contribution in [0.25, 0.3) is 0 Å². The van der Waals surface area contributed by atoms with E-state index in [4.69, 9.17) is 26.4 Å². The molecule has 2 aromatic carbocycles. The van der Waals surface area contributed by atoms with Gasteiger partial charge < -0.3 is 29.7 Å². The fourth-order valence-corrected chi connectivity index (χ4v) is 3.52. The summed E-state index contributed by atoms with van der Waals surface area (Å²) in [4.78, 5) is 26.8. The summed E-state index contributed by atoms with van der Waals surface area (Å²) >= 11 is 5.42. The van der Waals surface area contributed by atoms with E-state index in [-0.39, 0.29) is 19.1 Å². The largest absolute Gasteiger partial charge is 0.484 e. The molecule has 0 aliphatic carbocycles. The van der Waals surface area contributed by atoms with Crippen LogP contribution in [0.1, 0.15) is 18.5 Å². The average molecular weight is 470 g/mol. The van der Waals surface area contributed by atoms with Gasteiger partial charge in [-0.2, -0.15) is 0 Å². The molecule has 1 aliphatic heterocycles. The molecular weight excluding hydrogens is 442 g/mol. The van der Waals surface area contributed by atoms with Crippen LogP contribution in [-0.4, -0.2) is 55.9 Å². The molecule has 1 aliphatic rings. The molecule has 0 bridgehead atoms. The van der Waals surface area contributed by atoms with Crippen molar-refractivity contribution in [2.45, 2.75) is 13.0 Å². The van der Waals surface area contributed by atoms with Crippen molar-refractivity contribution in [1.82, 2.24) is 10.2 Å². The lowest BCUT2D eigenvalue weighted by atomic mass is 9.95. The summed E-state index contributed by atoms with van der Waals surface area (Å²) in [7, 11) is 3.34. The number of anilines is 1. The van der Waals surface area contributed by atoms with Crippen molar-refractivity contribution in [3.05, 3.63) is 71.4 Å². The minimum absolute atomic E-state index is 0.101. The van der Waals surface area contributed by atoms with Gasteiger partial charge in [0.05, 0.1) is 18.2 Å². The molecule has 33 heavy (non-hydrogen) atoms. The minimum Gasteiger partial charge on any atom is -0.484 e. The Kier molecular flexibility index (Phi) is 8.39. The zero-order chi connectivity index (χ0) is 23.8. The number of carbonyl (C=O) groups is 2. The maximum absolute atomic E-state index is 12.8. The molecule has 2 aromatic rings. The first-order valence-electron chi connectivity index (χ1n) is 10.4. The van der Waals surface area contributed by atoms with Crippen LogP contribution in [0.4, 0.5) is 5.69 Å². The molecule has 2 N–H and O–H groups in total. The van der Waals surface area contributed by atoms with Crippen molar-refractivity contribution in [3.63, 3.8) is 0 Å². The second-order valence-electron chi connectivity index (χ2n) is 7.34. The van der Waals surface area contributed by atoms with Crippen LogP contribution in [-0.2, 0) is 19.1 Å². The number of methoxy groups -OCH3 is 1. The molecule has 0 radical (unpaired) electrons. The molecule has 1 unspecified atom stereocenters. The fourth-order valence-electron chi connectivity index (χ4n) is 3.27. The summed E-state index contributed by atoms with van der Waals surface area (Å²) in [5, 5.41) is 6.49. The number of nitrogens with zero attached hydrogens (tertiary/aromatic N) is 1. The van der Waals surface area contributed by atoms with Crippen molar-refractivity contribution in [2.75, 3.05) is 39.3 Å². The van der Waals surface area contributed by atoms with E-state index in [1.54, 1.807) is 43.3 Å². The van der Waals surface area contributed by atoms with Crippen LogP contribution in [0, 0.1) is 0 Å². The molecular formula is C24H27N3O5S. The van der Waals surface area contributed by atoms with Gasteiger partial charge in [0.1, 0.15) is 12.4 Å². The number of allylic oxidation sites excluding steroid dienone is 1. The second-order valence-corrected chi connectivity index (χ2v) is 7.73. The summed E-state index contributed by atoms with van der Waals surface area (Å²) in [6, 6.07) is 15.8. The van der Waals surface area contributed by atoms with E-state index in [9.17, 15) is 9.59 Å². The Labute approximate surface area is 198 Å². The van der Waals surface area contributed by atoms with E-state index in [0.717, 1.165) is 5.56 Å². The van der Waals surface area contributed by atoms with Gasteiger partial charge in [0.2, 0.25) is 0 Å². The van der Waals surface area contributed by atoms with Gasteiger partial charge in [-0.05, 0) is 49.0 Å². The quantitative estimate of drug-likeness (QED) is 0.329. The number of hydrogen-bond acceptors (Lipinski definition) is 6. The molecule has 3 rings (SSSR count). The zero-order valence-corrected chi connectivity index (χ0v) is 19.6. The summed E-state index contributed by atoms with van der Waals surface area (Å²) in [6.07, 6.45) is 0. The van der Waals surface area contributed by atoms with Crippen molar-refractivity contribution in [1.29, 1.82) is 0 Å². The first kappa shape index (κ1) is 24.2. The standard InChI is InChI=1S/C24H27N3O5S/c1-16-21(23(29)31-14-13-30-3)22(26-24(33)27(16)2)17-9-11-18(12-10-17)25-20(28)15-32-19-7-5-4-6-8-19/h4-12,22H,13-15H2,1-3H3,(H,25,28)(H,26,33). The van der Waals surface area contributed by atoms with Crippen molar-refractivity contribution >= 4 is 34.9 Å². The molecule has 174 valence electrons. The predicted molar refractivity (Wildman–Crippen MR) is 129 cm³/mol. The highest BCUT2D eigenvalue weighted by Crippen LogP contribution is 2.31. The maximum atomic E-state index is 12.8. The second kappa shape index (κ2) is 11.4. The first-order chi connectivity index (χ1) is 15.9. The molecule has 1 heterocycles. The third-order valence-electron chi connectivity index (χ3n) is 5.14. The number of para-hydroxylation sites is 1. The van der Waals surface area contributed by atoms with Crippen LogP contribution in [0.5, 0.6) is 5.75 Å². The number of ether oxygens (including phenoxy) is 3. The average Bonchev–Trinajstić information content (AvgIpc) is 2.82. The zero-order valence-electron chi connectivity index (χ0n) is 18.8. The van der Waals surface area contributed by atoms with E-state index in [1.807, 2.05) is 37.3 Å². The summed E-state index contributed by atoms with van der Waals surface area (Å²) in [5.41, 5.74) is 2.60. The molecule has 0 spiro atoms. The third-order valence-corrected chi connectivity index (χ3v) is 5.53. The monoisotopic (exact) mass is 469 g/mol. The van der Waals surface area contributed by atoms with Crippen molar-refractivity contribution < 1.29 is 23.8 Å². The van der Waals surface area contributed by atoms with Gasteiger partial charge in [-0.25, -0.2) is 4.79 Å². The molecule has 0 fully saturated rings. The molecule has 8 nitrogen and oxygen atoms in total. The predicted octanol–water partition coefficient (Wildman–Crippen LogP) is 3.03. The molecule has 9 heteroatoms. The Morgan fingerprint density at radius 3 is 2.45 bits per heavy atom. The van der Waals surface area contributed by atoms with Gasteiger partial charge in [-0.1, -0.05) is 30.3 Å². The van der Waals surface area contributed by atoms with Gasteiger partial charge in [0, 0.05) is 25.5 Å². The highest BCUT2D eigenvalue weighted by Gasteiger charge is 2.33. The number of benzene rings is 2. The number of esters is 1.